The predicted molar refractivity (Wildman–Crippen MR) is 80.5 cm³/mol. The van der Waals surface area contributed by atoms with Gasteiger partial charge < -0.3 is 10.2 Å². The Kier molecular flexibility index (Phi) is 4.19. The van der Waals surface area contributed by atoms with Gasteiger partial charge in [-0.1, -0.05) is 36.8 Å². The van der Waals surface area contributed by atoms with Crippen molar-refractivity contribution in [3.05, 3.63) is 35.9 Å². The van der Waals surface area contributed by atoms with Gasteiger partial charge in [-0.3, -0.25) is 0 Å². The number of benzene rings is 1. The summed E-state index contributed by atoms with van der Waals surface area (Å²) in [6, 6.07) is 12.3. The third-order valence-corrected chi connectivity index (χ3v) is 4.50. The van der Waals surface area contributed by atoms with Gasteiger partial charge in [-0.2, -0.15) is 0 Å². The highest BCUT2D eigenvalue weighted by Crippen LogP contribution is 2.40. The molecule has 3 rings (SSSR count). The molecule has 3 unspecified atom stereocenters. The van der Waals surface area contributed by atoms with Crippen LogP contribution in [-0.2, 0) is 0 Å². The first-order chi connectivity index (χ1) is 9.33. The van der Waals surface area contributed by atoms with Gasteiger partial charge in [0.1, 0.15) is 0 Å². The lowest BCUT2D eigenvalue weighted by Crippen LogP contribution is -2.42. The van der Waals surface area contributed by atoms with Crippen LogP contribution < -0.4 is 5.32 Å². The van der Waals surface area contributed by atoms with Gasteiger partial charge in [0.15, 0.2) is 0 Å². The molecule has 1 N–H and O–H groups in total. The minimum atomic E-state index is 0.622. The Morgan fingerprint density at radius 2 is 1.89 bits per heavy atom. The lowest BCUT2D eigenvalue weighted by atomic mass is 10.1. The lowest BCUT2D eigenvalue weighted by molar-refractivity contribution is 0.208. The number of likely N-dealkylation sites (tertiary alicyclic amines) is 1. The SMILES string of the molecule is CC(CN1CCCCC1)NC1CC1c1ccccc1. The van der Waals surface area contributed by atoms with E-state index in [9.17, 15) is 0 Å². The number of nitrogens with zero attached hydrogens (tertiary/aromatic N) is 1. The third-order valence-electron chi connectivity index (χ3n) is 4.50. The van der Waals surface area contributed by atoms with Gasteiger partial charge in [0.05, 0.1) is 0 Å². The molecule has 0 bridgehead atoms. The Morgan fingerprint density at radius 3 is 2.63 bits per heavy atom. The van der Waals surface area contributed by atoms with Crippen LogP contribution in [0.15, 0.2) is 30.3 Å². The smallest absolute Gasteiger partial charge is 0.0169 e. The van der Waals surface area contributed by atoms with Crippen LogP contribution in [0.1, 0.15) is 44.1 Å². The van der Waals surface area contributed by atoms with Crippen LogP contribution >= 0.6 is 0 Å². The van der Waals surface area contributed by atoms with Gasteiger partial charge in [0, 0.05) is 24.5 Å². The highest BCUT2D eigenvalue weighted by atomic mass is 15.2. The van der Waals surface area contributed by atoms with Crippen molar-refractivity contribution in [3.63, 3.8) is 0 Å². The largest absolute Gasteiger partial charge is 0.310 e. The molecule has 2 heteroatoms. The van der Waals surface area contributed by atoms with Crippen molar-refractivity contribution in [1.29, 1.82) is 0 Å². The molecule has 1 aliphatic heterocycles. The van der Waals surface area contributed by atoms with E-state index in [1.165, 1.54) is 50.9 Å². The molecule has 3 atom stereocenters. The van der Waals surface area contributed by atoms with Crippen LogP contribution in [-0.4, -0.2) is 36.6 Å². The van der Waals surface area contributed by atoms with Crippen molar-refractivity contribution in [2.75, 3.05) is 19.6 Å². The zero-order valence-corrected chi connectivity index (χ0v) is 12.0. The summed E-state index contributed by atoms with van der Waals surface area (Å²) in [6.45, 7) is 6.17. The fourth-order valence-electron chi connectivity index (χ4n) is 3.40. The summed E-state index contributed by atoms with van der Waals surface area (Å²) in [7, 11) is 0. The standard InChI is InChI=1S/C17H26N2/c1-14(13-19-10-6-3-7-11-19)18-17-12-16(17)15-8-4-2-5-9-15/h2,4-5,8-9,14,16-18H,3,6-7,10-13H2,1H3. The number of hydrogen-bond donors (Lipinski definition) is 1. The van der Waals surface area contributed by atoms with Crippen LogP contribution in [0.2, 0.25) is 0 Å². The summed E-state index contributed by atoms with van der Waals surface area (Å²) in [5.74, 6) is 0.755. The molecule has 2 nitrogen and oxygen atoms in total. The Morgan fingerprint density at radius 1 is 1.16 bits per heavy atom. The molecular weight excluding hydrogens is 232 g/mol. The molecule has 0 spiro atoms. The van der Waals surface area contributed by atoms with Gasteiger partial charge in [0.2, 0.25) is 0 Å². The maximum absolute atomic E-state index is 3.81. The average molecular weight is 258 g/mol. The second-order valence-corrected chi connectivity index (χ2v) is 6.29. The molecule has 1 saturated heterocycles. The second kappa shape index (κ2) is 6.06. The molecule has 1 aromatic rings. The summed E-state index contributed by atoms with van der Waals surface area (Å²) in [6.07, 6.45) is 5.52. The fourth-order valence-corrected chi connectivity index (χ4v) is 3.40. The average Bonchev–Trinajstić information content (AvgIpc) is 3.20. The van der Waals surface area contributed by atoms with E-state index in [4.69, 9.17) is 0 Å². The zero-order valence-electron chi connectivity index (χ0n) is 12.0. The molecule has 19 heavy (non-hydrogen) atoms. The van der Waals surface area contributed by atoms with Gasteiger partial charge in [-0.25, -0.2) is 0 Å². The highest BCUT2D eigenvalue weighted by molar-refractivity contribution is 5.27. The van der Waals surface area contributed by atoms with E-state index in [1.807, 2.05) is 0 Å². The minimum Gasteiger partial charge on any atom is -0.310 e. The summed E-state index contributed by atoms with van der Waals surface area (Å²) in [5, 5.41) is 3.81. The van der Waals surface area contributed by atoms with Gasteiger partial charge >= 0.3 is 0 Å². The Hall–Kier alpha value is -0.860. The number of hydrogen-bond acceptors (Lipinski definition) is 2. The monoisotopic (exact) mass is 258 g/mol. The van der Waals surface area contributed by atoms with Crippen molar-refractivity contribution >= 4 is 0 Å². The summed E-state index contributed by atoms with van der Waals surface area (Å²) >= 11 is 0. The predicted octanol–water partition coefficient (Wildman–Crippen LogP) is 3.01. The molecule has 1 aliphatic carbocycles. The molecule has 2 aliphatic rings. The zero-order chi connectivity index (χ0) is 13.1. The summed E-state index contributed by atoms with van der Waals surface area (Å²) < 4.78 is 0. The molecular formula is C17H26N2. The maximum atomic E-state index is 3.81. The third kappa shape index (κ3) is 3.58. The Labute approximate surface area is 117 Å². The first kappa shape index (κ1) is 13.1. The molecule has 2 fully saturated rings. The molecule has 0 radical (unpaired) electrons. The van der Waals surface area contributed by atoms with E-state index in [1.54, 1.807) is 0 Å². The van der Waals surface area contributed by atoms with Crippen molar-refractivity contribution in [2.24, 2.45) is 0 Å². The van der Waals surface area contributed by atoms with E-state index >= 15 is 0 Å². The number of piperidine rings is 1. The van der Waals surface area contributed by atoms with E-state index in [-0.39, 0.29) is 0 Å². The molecule has 1 saturated carbocycles. The molecule has 104 valence electrons. The molecule has 0 amide bonds. The van der Waals surface area contributed by atoms with Crippen molar-refractivity contribution in [2.45, 2.75) is 50.6 Å². The quantitative estimate of drug-likeness (QED) is 0.873. The van der Waals surface area contributed by atoms with Crippen LogP contribution in [0.3, 0.4) is 0 Å². The second-order valence-electron chi connectivity index (χ2n) is 6.29. The van der Waals surface area contributed by atoms with Crippen LogP contribution in [0.4, 0.5) is 0 Å². The Bertz CT molecular complexity index is 384. The van der Waals surface area contributed by atoms with E-state index in [0.717, 1.165) is 5.92 Å². The molecule has 0 aromatic heterocycles. The summed E-state index contributed by atoms with van der Waals surface area (Å²) in [5.41, 5.74) is 1.50. The van der Waals surface area contributed by atoms with Crippen LogP contribution in [0.25, 0.3) is 0 Å². The van der Waals surface area contributed by atoms with Crippen LogP contribution in [0.5, 0.6) is 0 Å². The van der Waals surface area contributed by atoms with Crippen molar-refractivity contribution < 1.29 is 0 Å². The van der Waals surface area contributed by atoms with Gasteiger partial charge in [-0.05, 0) is 44.8 Å². The van der Waals surface area contributed by atoms with E-state index < -0.39 is 0 Å². The number of nitrogens with one attached hydrogen (secondary N) is 1. The van der Waals surface area contributed by atoms with Crippen LogP contribution in [0, 0.1) is 0 Å². The van der Waals surface area contributed by atoms with E-state index in [2.05, 4.69) is 47.5 Å². The maximum Gasteiger partial charge on any atom is 0.0169 e. The first-order valence-electron chi connectivity index (χ1n) is 7.86. The number of rotatable bonds is 5. The Balaban J connectivity index is 1.43. The van der Waals surface area contributed by atoms with Gasteiger partial charge in [-0.15, -0.1) is 0 Å². The lowest BCUT2D eigenvalue weighted by Gasteiger charge is -2.29. The molecule has 1 aromatic carbocycles. The van der Waals surface area contributed by atoms with Crippen molar-refractivity contribution in [3.8, 4) is 0 Å². The van der Waals surface area contributed by atoms with E-state index in [0.29, 0.717) is 12.1 Å². The normalized spacial score (nSPS) is 29.1. The topological polar surface area (TPSA) is 15.3 Å². The van der Waals surface area contributed by atoms with Crippen molar-refractivity contribution in [1.82, 2.24) is 10.2 Å². The molecule has 1 heterocycles. The first-order valence-corrected chi connectivity index (χ1v) is 7.86. The fraction of sp³-hybridized carbons (Fsp3) is 0.647. The van der Waals surface area contributed by atoms with Gasteiger partial charge in [0.25, 0.3) is 0 Å². The summed E-state index contributed by atoms with van der Waals surface area (Å²) in [4.78, 5) is 2.63. The highest BCUT2D eigenvalue weighted by Gasteiger charge is 2.38. The minimum absolute atomic E-state index is 0.622.